The Kier molecular flexibility index (Phi) is 4.47. The van der Waals surface area contributed by atoms with E-state index >= 15 is 0 Å². The second kappa shape index (κ2) is 6.30. The van der Waals surface area contributed by atoms with Gasteiger partial charge in [0.1, 0.15) is 11.4 Å². The van der Waals surface area contributed by atoms with Crippen LogP contribution in [0.2, 0.25) is 0 Å². The quantitative estimate of drug-likeness (QED) is 0.881. The van der Waals surface area contributed by atoms with E-state index in [-0.39, 0.29) is 12.2 Å². The van der Waals surface area contributed by atoms with Crippen LogP contribution in [0, 0.1) is 11.6 Å². The Morgan fingerprint density at radius 1 is 1.24 bits per heavy atom. The van der Waals surface area contributed by atoms with E-state index in [1.807, 2.05) is 0 Å². The summed E-state index contributed by atoms with van der Waals surface area (Å²) in [7, 11) is 0. The summed E-state index contributed by atoms with van der Waals surface area (Å²) in [4.78, 5) is 17.6. The van der Waals surface area contributed by atoms with Crippen molar-refractivity contribution in [1.29, 1.82) is 0 Å². The highest BCUT2D eigenvalue weighted by molar-refractivity contribution is 5.95. The molecule has 2 rings (SSSR count). The molecule has 4 nitrogen and oxygen atoms in total. The van der Waals surface area contributed by atoms with Crippen molar-refractivity contribution in [1.82, 2.24) is 9.88 Å². The number of amides is 1. The zero-order chi connectivity index (χ0) is 15.4. The van der Waals surface area contributed by atoms with Gasteiger partial charge in [-0.05, 0) is 36.8 Å². The molecule has 6 heteroatoms. The molecule has 21 heavy (non-hydrogen) atoms. The molecule has 0 saturated heterocycles. The standard InChI is InChI=1S/C15H15F2N3O/c1-2-20(9-10-5-7-19-8-6-10)15(21)13-11(16)3-4-12(18)14(13)17/h3-8H,2,9,18H2,1H3. The molecule has 1 aromatic carbocycles. The van der Waals surface area contributed by atoms with Crippen LogP contribution in [0.4, 0.5) is 14.5 Å². The number of rotatable bonds is 4. The number of carbonyl (C=O) groups excluding carboxylic acids is 1. The molecule has 2 N–H and O–H groups in total. The number of nitrogens with zero attached hydrogens (tertiary/aromatic N) is 2. The van der Waals surface area contributed by atoms with Crippen LogP contribution in [0.1, 0.15) is 22.8 Å². The smallest absolute Gasteiger partial charge is 0.260 e. The lowest BCUT2D eigenvalue weighted by Gasteiger charge is -2.21. The number of pyridine rings is 1. The zero-order valence-corrected chi connectivity index (χ0v) is 11.5. The largest absolute Gasteiger partial charge is 0.396 e. The number of hydrogen-bond acceptors (Lipinski definition) is 3. The lowest BCUT2D eigenvalue weighted by atomic mass is 10.1. The number of benzene rings is 1. The summed E-state index contributed by atoms with van der Waals surface area (Å²) in [5.41, 5.74) is 5.36. The summed E-state index contributed by atoms with van der Waals surface area (Å²) in [6, 6.07) is 5.57. The highest BCUT2D eigenvalue weighted by Gasteiger charge is 2.24. The van der Waals surface area contributed by atoms with Crippen molar-refractivity contribution in [2.24, 2.45) is 0 Å². The van der Waals surface area contributed by atoms with Gasteiger partial charge in [0.25, 0.3) is 5.91 Å². The number of anilines is 1. The van der Waals surface area contributed by atoms with Gasteiger partial charge >= 0.3 is 0 Å². The highest BCUT2D eigenvalue weighted by atomic mass is 19.1. The van der Waals surface area contributed by atoms with Crippen LogP contribution in [0.5, 0.6) is 0 Å². The van der Waals surface area contributed by atoms with Crippen LogP contribution in [-0.4, -0.2) is 22.3 Å². The minimum Gasteiger partial charge on any atom is -0.396 e. The van der Waals surface area contributed by atoms with E-state index in [1.54, 1.807) is 31.5 Å². The van der Waals surface area contributed by atoms with Gasteiger partial charge in [-0.2, -0.15) is 0 Å². The maximum absolute atomic E-state index is 13.9. The van der Waals surface area contributed by atoms with Crippen LogP contribution >= 0.6 is 0 Å². The van der Waals surface area contributed by atoms with Crippen LogP contribution in [0.3, 0.4) is 0 Å². The third-order valence-corrected chi connectivity index (χ3v) is 3.13. The number of hydrogen-bond donors (Lipinski definition) is 1. The Balaban J connectivity index is 2.31. The predicted octanol–water partition coefficient (Wildman–Crippen LogP) is 2.60. The van der Waals surface area contributed by atoms with Gasteiger partial charge in [-0.1, -0.05) is 0 Å². The summed E-state index contributed by atoms with van der Waals surface area (Å²) in [6.07, 6.45) is 3.19. The SMILES string of the molecule is CCN(Cc1ccncc1)C(=O)c1c(F)ccc(N)c1F. The molecule has 0 unspecified atom stereocenters. The number of aromatic nitrogens is 1. The molecule has 1 aromatic heterocycles. The molecule has 0 atom stereocenters. The number of nitrogen functional groups attached to an aromatic ring is 1. The normalized spacial score (nSPS) is 10.4. The molecule has 0 saturated carbocycles. The molecule has 1 amide bonds. The van der Waals surface area contributed by atoms with Crippen LogP contribution < -0.4 is 5.73 Å². The van der Waals surface area contributed by atoms with Crippen LogP contribution in [0.25, 0.3) is 0 Å². The molecule has 0 aliphatic carbocycles. The lowest BCUT2D eigenvalue weighted by molar-refractivity contribution is 0.0743. The third kappa shape index (κ3) is 3.16. The number of halogens is 2. The van der Waals surface area contributed by atoms with Gasteiger partial charge in [-0.25, -0.2) is 8.78 Å². The van der Waals surface area contributed by atoms with Gasteiger partial charge in [-0.3, -0.25) is 9.78 Å². The zero-order valence-electron chi connectivity index (χ0n) is 11.5. The minimum atomic E-state index is -1.02. The monoisotopic (exact) mass is 291 g/mol. The van der Waals surface area contributed by atoms with Gasteiger partial charge in [0.2, 0.25) is 0 Å². The molecule has 2 aromatic rings. The van der Waals surface area contributed by atoms with E-state index in [0.29, 0.717) is 6.54 Å². The molecular formula is C15H15F2N3O. The van der Waals surface area contributed by atoms with Crippen molar-refractivity contribution in [3.8, 4) is 0 Å². The highest BCUT2D eigenvalue weighted by Crippen LogP contribution is 2.21. The Bertz CT molecular complexity index is 647. The van der Waals surface area contributed by atoms with Crippen molar-refractivity contribution in [3.63, 3.8) is 0 Å². The van der Waals surface area contributed by atoms with Gasteiger partial charge in [0.05, 0.1) is 5.69 Å². The van der Waals surface area contributed by atoms with Gasteiger partial charge in [-0.15, -0.1) is 0 Å². The maximum atomic E-state index is 13.9. The van der Waals surface area contributed by atoms with Crippen LogP contribution in [-0.2, 0) is 6.54 Å². The first-order chi connectivity index (χ1) is 10.0. The first kappa shape index (κ1) is 14.9. The van der Waals surface area contributed by atoms with Crippen molar-refractivity contribution in [3.05, 3.63) is 59.4 Å². The van der Waals surface area contributed by atoms with Crippen LogP contribution in [0.15, 0.2) is 36.7 Å². The van der Waals surface area contributed by atoms with E-state index in [2.05, 4.69) is 4.98 Å². The molecule has 0 radical (unpaired) electrons. The first-order valence-corrected chi connectivity index (χ1v) is 6.46. The van der Waals surface area contributed by atoms with Crippen molar-refractivity contribution in [2.75, 3.05) is 12.3 Å². The molecular weight excluding hydrogens is 276 g/mol. The van der Waals surface area contributed by atoms with E-state index in [1.165, 1.54) is 4.90 Å². The Hall–Kier alpha value is -2.50. The Morgan fingerprint density at radius 2 is 1.90 bits per heavy atom. The minimum absolute atomic E-state index is 0.242. The third-order valence-electron chi connectivity index (χ3n) is 3.13. The van der Waals surface area contributed by atoms with Crippen molar-refractivity contribution >= 4 is 11.6 Å². The van der Waals surface area contributed by atoms with E-state index < -0.39 is 23.1 Å². The van der Waals surface area contributed by atoms with E-state index in [0.717, 1.165) is 17.7 Å². The van der Waals surface area contributed by atoms with Gasteiger partial charge in [0.15, 0.2) is 5.82 Å². The summed E-state index contributed by atoms with van der Waals surface area (Å²) in [6.45, 7) is 2.29. The average molecular weight is 291 g/mol. The molecule has 0 spiro atoms. The fourth-order valence-electron chi connectivity index (χ4n) is 1.96. The molecule has 0 fully saturated rings. The maximum Gasteiger partial charge on any atom is 0.260 e. The fourth-order valence-corrected chi connectivity index (χ4v) is 1.96. The second-order valence-electron chi connectivity index (χ2n) is 4.50. The van der Waals surface area contributed by atoms with Crippen molar-refractivity contribution in [2.45, 2.75) is 13.5 Å². The molecule has 0 bridgehead atoms. The lowest BCUT2D eigenvalue weighted by Crippen LogP contribution is -2.32. The number of carbonyl (C=O) groups is 1. The Morgan fingerprint density at radius 3 is 2.52 bits per heavy atom. The van der Waals surface area contributed by atoms with Crippen molar-refractivity contribution < 1.29 is 13.6 Å². The van der Waals surface area contributed by atoms with Gasteiger partial charge < -0.3 is 10.6 Å². The van der Waals surface area contributed by atoms with E-state index in [9.17, 15) is 13.6 Å². The molecule has 0 aliphatic heterocycles. The summed E-state index contributed by atoms with van der Waals surface area (Å²) in [5, 5.41) is 0. The molecule has 110 valence electrons. The Labute approximate surface area is 121 Å². The molecule has 1 heterocycles. The summed E-state index contributed by atoms with van der Waals surface area (Å²) >= 11 is 0. The summed E-state index contributed by atoms with van der Waals surface area (Å²) in [5.74, 6) is -2.66. The second-order valence-corrected chi connectivity index (χ2v) is 4.50. The fraction of sp³-hybridized carbons (Fsp3) is 0.200. The van der Waals surface area contributed by atoms with E-state index in [4.69, 9.17) is 5.73 Å². The molecule has 0 aliphatic rings. The average Bonchev–Trinajstić information content (AvgIpc) is 2.50. The summed E-state index contributed by atoms with van der Waals surface area (Å²) < 4.78 is 27.7. The topological polar surface area (TPSA) is 59.2 Å². The first-order valence-electron chi connectivity index (χ1n) is 6.46. The van der Waals surface area contributed by atoms with Gasteiger partial charge in [0, 0.05) is 25.5 Å². The number of nitrogens with two attached hydrogens (primary N) is 1. The predicted molar refractivity (Wildman–Crippen MR) is 75.4 cm³/mol.